The van der Waals surface area contributed by atoms with Crippen molar-refractivity contribution in [1.29, 1.82) is 0 Å². The maximum atomic E-state index is 12.9. The number of amides is 1. The van der Waals surface area contributed by atoms with Crippen molar-refractivity contribution in [2.45, 2.75) is 33.3 Å². The summed E-state index contributed by atoms with van der Waals surface area (Å²) in [5.41, 5.74) is 7.19. The number of nitrogens with two attached hydrogens (primary N) is 1. The lowest BCUT2D eigenvalue weighted by molar-refractivity contribution is 0.0599. The van der Waals surface area contributed by atoms with E-state index in [4.69, 9.17) is 19.9 Å². The summed E-state index contributed by atoms with van der Waals surface area (Å²) in [5, 5.41) is 0. The van der Waals surface area contributed by atoms with E-state index >= 15 is 0 Å². The summed E-state index contributed by atoms with van der Waals surface area (Å²) in [5.74, 6) is 1.86. The Balaban J connectivity index is 1.90. The molecule has 31 heavy (non-hydrogen) atoms. The maximum absolute atomic E-state index is 12.9. The van der Waals surface area contributed by atoms with Gasteiger partial charge in [0.1, 0.15) is 22.9 Å². The first kappa shape index (κ1) is 21.9. The number of ether oxygens (including phenoxy) is 3. The van der Waals surface area contributed by atoms with Gasteiger partial charge >= 0.3 is 6.09 Å². The van der Waals surface area contributed by atoms with Crippen molar-refractivity contribution in [1.82, 2.24) is 9.97 Å². The molecule has 0 unspecified atom stereocenters. The fraction of sp³-hybridized carbons (Fsp3) is 0.261. The molecule has 8 nitrogen and oxygen atoms in total. The predicted octanol–water partition coefficient (Wildman–Crippen LogP) is 5.24. The molecule has 1 aromatic carbocycles. The average molecular weight is 422 g/mol. The van der Waals surface area contributed by atoms with Crippen LogP contribution in [-0.2, 0) is 4.74 Å². The first-order valence-electron chi connectivity index (χ1n) is 9.70. The van der Waals surface area contributed by atoms with Gasteiger partial charge in [0.15, 0.2) is 0 Å². The highest BCUT2D eigenvalue weighted by Crippen LogP contribution is 2.32. The summed E-state index contributed by atoms with van der Waals surface area (Å²) >= 11 is 0. The predicted molar refractivity (Wildman–Crippen MR) is 119 cm³/mol. The lowest BCUT2D eigenvalue weighted by Crippen LogP contribution is -2.34. The van der Waals surface area contributed by atoms with Gasteiger partial charge in [-0.25, -0.2) is 19.7 Å². The third kappa shape index (κ3) is 5.42. The van der Waals surface area contributed by atoms with Crippen LogP contribution in [0.1, 0.15) is 26.3 Å². The molecule has 1 amide bonds. The van der Waals surface area contributed by atoms with Crippen molar-refractivity contribution in [3.63, 3.8) is 0 Å². The van der Waals surface area contributed by atoms with Crippen molar-refractivity contribution in [2.75, 3.05) is 17.7 Å². The Morgan fingerprint density at radius 2 is 1.87 bits per heavy atom. The molecule has 0 atom stereocenters. The molecule has 2 heterocycles. The SMILES string of the molecule is COc1cc(Oc2ccc(N(C(=O)OC(C)(C)C)c3cccnc3N)cn2)ccc1C. The van der Waals surface area contributed by atoms with Gasteiger partial charge in [-0.15, -0.1) is 0 Å². The van der Waals surface area contributed by atoms with E-state index in [1.165, 1.54) is 11.1 Å². The number of aromatic nitrogens is 2. The van der Waals surface area contributed by atoms with Crippen LogP contribution in [0.25, 0.3) is 0 Å². The first-order chi connectivity index (χ1) is 14.7. The number of anilines is 3. The highest BCUT2D eigenvalue weighted by atomic mass is 16.6. The van der Waals surface area contributed by atoms with Gasteiger partial charge in [0.05, 0.1) is 24.7 Å². The van der Waals surface area contributed by atoms with Crippen LogP contribution in [0.5, 0.6) is 17.4 Å². The summed E-state index contributed by atoms with van der Waals surface area (Å²) in [6, 6.07) is 12.3. The largest absolute Gasteiger partial charge is 0.496 e. The van der Waals surface area contributed by atoms with Crippen molar-refractivity contribution >= 4 is 23.3 Å². The van der Waals surface area contributed by atoms with Gasteiger partial charge in [-0.1, -0.05) is 6.07 Å². The van der Waals surface area contributed by atoms with Gasteiger partial charge in [0.25, 0.3) is 0 Å². The van der Waals surface area contributed by atoms with E-state index in [0.29, 0.717) is 23.0 Å². The molecule has 0 spiro atoms. The minimum Gasteiger partial charge on any atom is -0.496 e. The molecule has 0 saturated heterocycles. The third-order valence-electron chi connectivity index (χ3n) is 4.21. The van der Waals surface area contributed by atoms with Gasteiger partial charge in [0.2, 0.25) is 5.88 Å². The molecule has 2 N–H and O–H groups in total. The molecule has 8 heteroatoms. The van der Waals surface area contributed by atoms with Crippen LogP contribution in [0.4, 0.5) is 22.0 Å². The molecule has 0 aliphatic carbocycles. The zero-order chi connectivity index (χ0) is 22.6. The monoisotopic (exact) mass is 422 g/mol. The van der Waals surface area contributed by atoms with Gasteiger partial charge in [-0.3, -0.25) is 0 Å². The molecule has 0 aliphatic rings. The third-order valence-corrected chi connectivity index (χ3v) is 4.21. The number of carbonyl (C=O) groups excluding carboxylic acids is 1. The maximum Gasteiger partial charge on any atom is 0.419 e. The lowest BCUT2D eigenvalue weighted by atomic mass is 10.2. The van der Waals surface area contributed by atoms with Crippen molar-refractivity contribution < 1.29 is 19.0 Å². The highest BCUT2D eigenvalue weighted by molar-refractivity contribution is 5.98. The van der Waals surface area contributed by atoms with E-state index in [9.17, 15) is 4.79 Å². The number of hydrogen-bond acceptors (Lipinski definition) is 7. The number of carbonyl (C=O) groups is 1. The van der Waals surface area contributed by atoms with Crippen molar-refractivity contribution in [2.24, 2.45) is 0 Å². The minimum absolute atomic E-state index is 0.195. The summed E-state index contributed by atoms with van der Waals surface area (Å²) in [7, 11) is 1.61. The van der Waals surface area contributed by atoms with Crippen LogP contribution < -0.4 is 20.1 Å². The average Bonchev–Trinajstić information content (AvgIpc) is 2.71. The van der Waals surface area contributed by atoms with E-state index in [-0.39, 0.29) is 5.82 Å². The van der Waals surface area contributed by atoms with E-state index in [1.807, 2.05) is 19.1 Å². The van der Waals surface area contributed by atoms with E-state index in [0.717, 1.165) is 11.3 Å². The minimum atomic E-state index is -0.687. The number of benzene rings is 1. The van der Waals surface area contributed by atoms with Crippen LogP contribution in [-0.4, -0.2) is 28.8 Å². The molecule has 162 valence electrons. The van der Waals surface area contributed by atoms with Crippen molar-refractivity contribution in [3.05, 3.63) is 60.4 Å². The lowest BCUT2D eigenvalue weighted by Gasteiger charge is -2.27. The number of aryl methyl sites for hydroxylation is 1. The van der Waals surface area contributed by atoms with E-state index in [2.05, 4.69) is 9.97 Å². The number of rotatable bonds is 5. The molecule has 0 saturated carbocycles. The van der Waals surface area contributed by atoms with Crippen LogP contribution in [0.2, 0.25) is 0 Å². The summed E-state index contributed by atoms with van der Waals surface area (Å²) in [6.07, 6.45) is 2.47. The zero-order valence-corrected chi connectivity index (χ0v) is 18.2. The standard InChI is InChI=1S/C23H26N4O4/c1-15-8-10-17(13-19(15)29-5)30-20-11-9-16(14-26-20)27(22(28)31-23(2,3)4)18-7-6-12-25-21(18)24/h6-14H,1-5H3,(H2,24,25). The number of nitrogens with zero attached hydrogens (tertiary/aromatic N) is 3. The quantitative estimate of drug-likeness (QED) is 0.600. The topological polar surface area (TPSA) is 99.8 Å². The van der Waals surface area contributed by atoms with E-state index in [1.54, 1.807) is 64.4 Å². The molecule has 2 aromatic heterocycles. The molecule has 0 bridgehead atoms. The van der Waals surface area contributed by atoms with E-state index < -0.39 is 11.7 Å². The first-order valence-corrected chi connectivity index (χ1v) is 9.70. The molecular formula is C23H26N4O4. The second-order valence-corrected chi connectivity index (χ2v) is 7.81. The van der Waals surface area contributed by atoms with Crippen LogP contribution >= 0.6 is 0 Å². The Bertz CT molecular complexity index is 1060. The van der Waals surface area contributed by atoms with Gasteiger partial charge in [-0.05, 0) is 57.5 Å². The normalized spacial score (nSPS) is 11.0. The number of hydrogen-bond donors (Lipinski definition) is 1. The Hall–Kier alpha value is -3.81. The van der Waals surface area contributed by atoms with Gasteiger partial charge in [0, 0.05) is 18.3 Å². The highest BCUT2D eigenvalue weighted by Gasteiger charge is 2.27. The Kier molecular flexibility index (Phi) is 6.29. The smallest absolute Gasteiger partial charge is 0.419 e. The Morgan fingerprint density at radius 3 is 2.48 bits per heavy atom. The van der Waals surface area contributed by atoms with Gasteiger partial charge in [-0.2, -0.15) is 0 Å². The van der Waals surface area contributed by atoms with Crippen LogP contribution in [0.3, 0.4) is 0 Å². The molecule has 3 rings (SSSR count). The van der Waals surface area contributed by atoms with Crippen molar-refractivity contribution in [3.8, 4) is 17.4 Å². The Labute approximate surface area is 181 Å². The van der Waals surface area contributed by atoms with Crippen LogP contribution in [0, 0.1) is 6.92 Å². The number of pyridine rings is 2. The zero-order valence-electron chi connectivity index (χ0n) is 18.2. The second-order valence-electron chi connectivity index (χ2n) is 7.81. The molecule has 0 aliphatic heterocycles. The Morgan fingerprint density at radius 1 is 1.10 bits per heavy atom. The second kappa shape index (κ2) is 8.91. The molecule has 0 radical (unpaired) electrons. The fourth-order valence-corrected chi connectivity index (χ4v) is 2.80. The van der Waals surface area contributed by atoms with Gasteiger partial charge < -0.3 is 19.9 Å². The van der Waals surface area contributed by atoms with Crippen LogP contribution in [0.15, 0.2) is 54.9 Å². The number of methoxy groups -OCH3 is 1. The molecule has 3 aromatic rings. The summed E-state index contributed by atoms with van der Waals surface area (Å²) in [4.78, 5) is 22.7. The molecule has 0 fully saturated rings. The summed E-state index contributed by atoms with van der Waals surface area (Å²) in [6.45, 7) is 7.33. The molecular weight excluding hydrogens is 396 g/mol. The number of nitrogen functional groups attached to an aromatic ring is 1. The summed E-state index contributed by atoms with van der Waals surface area (Å²) < 4.78 is 16.7. The fourth-order valence-electron chi connectivity index (χ4n) is 2.80.